The molecule has 1 aromatic heterocycles. The average Bonchev–Trinajstić information content (AvgIpc) is 3.37. The molecule has 1 atom stereocenters. The maximum Gasteiger partial charge on any atom is 0.255 e. The summed E-state index contributed by atoms with van der Waals surface area (Å²) in [6, 6.07) is 18.9. The third kappa shape index (κ3) is 4.99. The van der Waals surface area contributed by atoms with E-state index >= 15 is 0 Å². The molecule has 0 bridgehead atoms. The normalized spacial score (nSPS) is 14.5. The van der Waals surface area contributed by atoms with Crippen LogP contribution in [0.3, 0.4) is 0 Å². The molecule has 4 aromatic rings. The van der Waals surface area contributed by atoms with Crippen LogP contribution < -0.4 is 20.1 Å². The third-order valence-electron chi connectivity index (χ3n) is 6.47. The first-order valence-corrected chi connectivity index (χ1v) is 12.8. The Morgan fingerprint density at radius 3 is 2.61 bits per heavy atom. The molecule has 0 radical (unpaired) electrons. The van der Waals surface area contributed by atoms with Crippen molar-refractivity contribution in [1.29, 1.82) is 0 Å². The molecule has 0 fully saturated rings. The van der Waals surface area contributed by atoms with Gasteiger partial charge in [-0.1, -0.05) is 47.1 Å². The lowest BCUT2D eigenvalue weighted by Gasteiger charge is -2.28. The molecule has 5 rings (SSSR count). The summed E-state index contributed by atoms with van der Waals surface area (Å²) in [5, 5.41) is 18.2. The van der Waals surface area contributed by atoms with Gasteiger partial charge >= 0.3 is 0 Å². The molecule has 194 valence electrons. The Labute approximate surface area is 229 Å². The van der Waals surface area contributed by atoms with Gasteiger partial charge in [-0.25, -0.2) is 0 Å². The van der Waals surface area contributed by atoms with Crippen LogP contribution in [0.2, 0.25) is 0 Å². The first-order chi connectivity index (χ1) is 18.4. The van der Waals surface area contributed by atoms with Crippen molar-refractivity contribution in [2.75, 3.05) is 17.7 Å². The van der Waals surface area contributed by atoms with Gasteiger partial charge in [0.05, 0.1) is 17.2 Å². The average molecular weight is 575 g/mol. The number of anilines is 2. The predicted octanol–water partition coefficient (Wildman–Crippen LogP) is 5.57. The lowest BCUT2D eigenvalue weighted by molar-refractivity contribution is -0.113. The lowest BCUT2D eigenvalue weighted by Crippen LogP contribution is -2.31. The van der Waals surface area contributed by atoms with Crippen molar-refractivity contribution in [3.05, 3.63) is 98.7 Å². The molecule has 0 saturated heterocycles. The minimum Gasteiger partial charge on any atom is -0.493 e. The second kappa shape index (κ2) is 10.7. The SMILES string of the molecule is COc1cc(C2C(C(=O)Nc3ccc(C)cc3)=C(C)Nc3nnnn32)cc(Br)c1OCc1ccccc1C. The second-order valence-electron chi connectivity index (χ2n) is 9.08. The van der Waals surface area contributed by atoms with Crippen LogP contribution in [0, 0.1) is 13.8 Å². The summed E-state index contributed by atoms with van der Waals surface area (Å²) in [5.41, 5.74) is 5.91. The van der Waals surface area contributed by atoms with E-state index in [1.807, 2.05) is 81.4 Å². The Bertz CT molecular complexity index is 1530. The zero-order chi connectivity index (χ0) is 26.8. The number of hydrogen-bond acceptors (Lipinski definition) is 7. The van der Waals surface area contributed by atoms with Crippen molar-refractivity contribution in [3.8, 4) is 11.5 Å². The van der Waals surface area contributed by atoms with Gasteiger partial charge in [0.15, 0.2) is 11.5 Å². The number of tetrazole rings is 1. The van der Waals surface area contributed by atoms with Gasteiger partial charge < -0.3 is 20.1 Å². The Hall–Kier alpha value is -4.18. The van der Waals surface area contributed by atoms with Gasteiger partial charge in [0, 0.05) is 11.4 Å². The van der Waals surface area contributed by atoms with E-state index in [9.17, 15) is 4.79 Å². The zero-order valence-electron chi connectivity index (χ0n) is 21.4. The number of nitrogens with one attached hydrogen (secondary N) is 2. The standard InChI is InChI=1S/C28H27BrN6O3/c1-16-9-11-21(12-10-16)31-27(36)24-18(3)30-28-32-33-34-35(28)25(24)20-13-22(29)26(23(14-20)37-4)38-15-19-8-6-5-7-17(19)2/h5-14,25H,15H2,1-4H3,(H,31,36)(H,30,32,34). The minimum absolute atomic E-state index is 0.264. The number of halogens is 1. The van der Waals surface area contributed by atoms with Crippen LogP contribution in [0.5, 0.6) is 11.5 Å². The number of ether oxygens (including phenoxy) is 2. The molecule has 38 heavy (non-hydrogen) atoms. The molecule has 1 aliphatic heterocycles. The fraction of sp³-hybridized carbons (Fsp3) is 0.214. The molecule has 0 aliphatic carbocycles. The molecule has 0 spiro atoms. The van der Waals surface area contributed by atoms with E-state index in [0.29, 0.717) is 45.5 Å². The van der Waals surface area contributed by atoms with Crippen molar-refractivity contribution < 1.29 is 14.3 Å². The Balaban J connectivity index is 1.51. The number of fused-ring (bicyclic) bond motifs is 1. The molecule has 2 heterocycles. The number of benzene rings is 3. The highest BCUT2D eigenvalue weighted by atomic mass is 79.9. The van der Waals surface area contributed by atoms with E-state index in [-0.39, 0.29) is 5.91 Å². The van der Waals surface area contributed by atoms with Crippen LogP contribution in [0.1, 0.15) is 35.2 Å². The number of carbonyl (C=O) groups excluding carboxylic acids is 1. The molecular weight excluding hydrogens is 548 g/mol. The van der Waals surface area contributed by atoms with Crippen molar-refractivity contribution >= 4 is 33.5 Å². The van der Waals surface area contributed by atoms with E-state index in [1.54, 1.807) is 11.8 Å². The van der Waals surface area contributed by atoms with Crippen LogP contribution in [0.25, 0.3) is 0 Å². The van der Waals surface area contributed by atoms with Crippen LogP contribution in [-0.2, 0) is 11.4 Å². The highest BCUT2D eigenvalue weighted by molar-refractivity contribution is 9.10. The Morgan fingerprint density at radius 2 is 1.87 bits per heavy atom. The Morgan fingerprint density at radius 1 is 1.11 bits per heavy atom. The maximum atomic E-state index is 13.6. The fourth-order valence-corrected chi connectivity index (χ4v) is 4.98. The van der Waals surface area contributed by atoms with Gasteiger partial charge in [-0.05, 0) is 88.1 Å². The van der Waals surface area contributed by atoms with Crippen LogP contribution in [0.4, 0.5) is 11.6 Å². The third-order valence-corrected chi connectivity index (χ3v) is 7.06. The predicted molar refractivity (Wildman–Crippen MR) is 148 cm³/mol. The lowest BCUT2D eigenvalue weighted by atomic mass is 9.94. The largest absolute Gasteiger partial charge is 0.493 e. The number of aryl methyl sites for hydroxylation is 2. The van der Waals surface area contributed by atoms with Crippen molar-refractivity contribution in [2.45, 2.75) is 33.4 Å². The second-order valence-corrected chi connectivity index (χ2v) is 9.94. The molecule has 10 heteroatoms. The summed E-state index contributed by atoms with van der Waals surface area (Å²) in [7, 11) is 1.59. The summed E-state index contributed by atoms with van der Waals surface area (Å²) >= 11 is 3.66. The van der Waals surface area contributed by atoms with Crippen molar-refractivity contribution in [2.24, 2.45) is 0 Å². The molecule has 1 aliphatic rings. The molecule has 9 nitrogen and oxygen atoms in total. The van der Waals surface area contributed by atoms with E-state index in [4.69, 9.17) is 9.47 Å². The molecule has 3 aromatic carbocycles. The quantitative estimate of drug-likeness (QED) is 0.297. The smallest absolute Gasteiger partial charge is 0.255 e. The van der Waals surface area contributed by atoms with Crippen molar-refractivity contribution in [3.63, 3.8) is 0 Å². The van der Waals surface area contributed by atoms with Gasteiger partial charge in [-0.2, -0.15) is 4.68 Å². The van der Waals surface area contributed by atoms with Gasteiger partial charge in [0.2, 0.25) is 5.95 Å². The monoisotopic (exact) mass is 574 g/mol. The topological polar surface area (TPSA) is 103 Å². The van der Waals surface area contributed by atoms with E-state index in [1.165, 1.54) is 0 Å². The molecule has 2 N–H and O–H groups in total. The number of carbonyl (C=O) groups is 1. The fourth-order valence-electron chi connectivity index (χ4n) is 4.41. The van der Waals surface area contributed by atoms with Crippen molar-refractivity contribution in [1.82, 2.24) is 20.2 Å². The number of aromatic nitrogens is 4. The highest BCUT2D eigenvalue weighted by Gasteiger charge is 2.35. The minimum atomic E-state index is -0.609. The summed E-state index contributed by atoms with van der Waals surface area (Å²) in [4.78, 5) is 13.6. The molecule has 1 unspecified atom stereocenters. The summed E-state index contributed by atoms with van der Waals surface area (Å²) in [5.74, 6) is 1.26. The number of amides is 1. The van der Waals surface area contributed by atoms with Crippen LogP contribution >= 0.6 is 15.9 Å². The van der Waals surface area contributed by atoms with E-state index in [2.05, 4.69) is 42.1 Å². The van der Waals surface area contributed by atoms with Gasteiger partial charge in [-0.3, -0.25) is 4.79 Å². The van der Waals surface area contributed by atoms with Gasteiger partial charge in [0.1, 0.15) is 12.6 Å². The summed E-state index contributed by atoms with van der Waals surface area (Å²) in [6.07, 6.45) is 0. The number of nitrogens with zero attached hydrogens (tertiary/aromatic N) is 4. The van der Waals surface area contributed by atoms with Crippen LogP contribution in [0.15, 0.2) is 76.4 Å². The first kappa shape index (κ1) is 25.5. The highest BCUT2D eigenvalue weighted by Crippen LogP contribution is 2.43. The number of rotatable bonds is 7. The zero-order valence-corrected chi connectivity index (χ0v) is 23.0. The van der Waals surface area contributed by atoms with E-state index < -0.39 is 6.04 Å². The summed E-state index contributed by atoms with van der Waals surface area (Å²) in [6.45, 7) is 6.26. The number of methoxy groups -OCH3 is 1. The van der Waals surface area contributed by atoms with Crippen LogP contribution in [-0.4, -0.2) is 33.2 Å². The molecular formula is C28H27BrN6O3. The van der Waals surface area contributed by atoms with Gasteiger partial charge in [-0.15, -0.1) is 0 Å². The number of allylic oxidation sites excluding steroid dienone is 1. The first-order valence-electron chi connectivity index (χ1n) is 12.0. The number of hydrogen-bond donors (Lipinski definition) is 2. The maximum absolute atomic E-state index is 13.6. The molecule has 1 amide bonds. The van der Waals surface area contributed by atoms with Gasteiger partial charge in [0.25, 0.3) is 5.91 Å². The Kier molecular flexibility index (Phi) is 7.15. The van der Waals surface area contributed by atoms with E-state index in [0.717, 1.165) is 22.3 Å². The summed E-state index contributed by atoms with van der Waals surface area (Å²) < 4.78 is 14.2. The molecule has 0 saturated carbocycles.